The van der Waals surface area contributed by atoms with Gasteiger partial charge in [0.25, 0.3) is 0 Å². The van der Waals surface area contributed by atoms with E-state index in [0.29, 0.717) is 5.75 Å². The molecule has 0 atom stereocenters. The van der Waals surface area contributed by atoms with Gasteiger partial charge in [-0.3, -0.25) is 0 Å². The highest BCUT2D eigenvalue weighted by Gasteiger charge is 2.03. The molecular formula is C10H11NO. The first-order chi connectivity index (χ1) is 5.83. The number of benzene rings is 1. The summed E-state index contributed by atoms with van der Waals surface area (Å²) in [6.45, 7) is 2.10. The second-order valence-corrected chi connectivity index (χ2v) is 2.86. The zero-order valence-electron chi connectivity index (χ0n) is 6.96. The van der Waals surface area contributed by atoms with E-state index >= 15 is 0 Å². The van der Waals surface area contributed by atoms with E-state index in [4.69, 9.17) is 0 Å². The first-order valence-corrected chi connectivity index (χ1v) is 4.11. The van der Waals surface area contributed by atoms with Gasteiger partial charge in [-0.05, 0) is 24.1 Å². The predicted octanol–water partition coefficient (Wildman–Crippen LogP) is 2.44. The molecule has 0 spiro atoms. The van der Waals surface area contributed by atoms with Crippen molar-refractivity contribution in [2.75, 3.05) is 0 Å². The van der Waals surface area contributed by atoms with Crippen molar-refractivity contribution in [1.82, 2.24) is 4.98 Å². The van der Waals surface area contributed by atoms with Crippen LogP contribution < -0.4 is 0 Å². The largest absolute Gasteiger partial charge is 0.507 e. The van der Waals surface area contributed by atoms with Crippen LogP contribution >= 0.6 is 0 Å². The molecule has 62 valence electrons. The van der Waals surface area contributed by atoms with Crippen LogP contribution in [-0.2, 0) is 6.42 Å². The van der Waals surface area contributed by atoms with Gasteiger partial charge in [0.2, 0.25) is 0 Å². The standard InChI is InChI=1S/C10H11NO/c1-2-7-3-4-9(12)8-5-6-11-10(7)8/h3-6,11-12H,2H2,1H3. The first-order valence-electron chi connectivity index (χ1n) is 4.11. The summed E-state index contributed by atoms with van der Waals surface area (Å²) in [6.07, 6.45) is 2.83. The third-order valence-electron chi connectivity index (χ3n) is 2.17. The SMILES string of the molecule is CCc1ccc(O)c2cc[nH]c12. The number of rotatable bonds is 1. The van der Waals surface area contributed by atoms with Crippen molar-refractivity contribution in [3.8, 4) is 5.75 Å². The lowest BCUT2D eigenvalue weighted by Crippen LogP contribution is -1.81. The Hall–Kier alpha value is -1.44. The van der Waals surface area contributed by atoms with E-state index in [1.807, 2.05) is 18.3 Å². The normalized spacial score (nSPS) is 10.8. The molecule has 2 heteroatoms. The quantitative estimate of drug-likeness (QED) is 0.662. The minimum absolute atomic E-state index is 0.350. The molecule has 0 radical (unpaired) electrons. The van der Waals surface area contributed by atoms with Gasteiger partial charge < -0.3 is 10.1 Å². The Labute approximate surface area is 70.8 Å². The molecule has 0 saturated carbocycles. The molecule has 2 rings (SSSR count). The van der Waals surface area contributed by atoms with E-state index < -0.39 is 0 Å². The van der Waals surface area contributed by atoms with Crippen molar-refractivity contribution in [1.29, 1.82) is 0 Å². The van der Waals surface area contributed by atoms with Gasteiger partial charge in [0.05, 0.1) is 5.52 Å². The summed E-state index contributed by atoms with van der Waals surface area (Å²) in [5.41, 5.74) is 2.30. The van der Waals surface area contributed by atoms with Crippen LogP contribution in [0.1, 0.15) is 12.5 Å². The minimum atomic E-state index is 0.350. The Morgan fingerprint density at radius 3 is 2.92 bits per heavy atom. The van der Waals surface area contributed by atoms with Gasteiger partial charge in [-0.25, -0.2) is 0 Å². The second-order valence-electron chi connectivity index (χ2n) is 2.86. The molecule has 1 heterocycles. The molecule has 0 aliphatic heterocycles. The lowest BCUT2D eigenvalue weighted by atomic mass is 10.1. The molecule has 2 nitrogen and oxygen atoms in total. The number of phenols is 1. The van der Waals surface area contributed by atoms with Crippen molar-refractivity contribution in [3.63, 3.8) is 0 Å². The number of fused-ring (bicyclic) bond motifs is 1. The molecule has 0 bridgehead atoms. The summed E-state index contributed by atoms with van der Waals surface area (Å²) in [5, 5.41) is 10.4. The van der Waals surface area contributed by atoms with Crippen molar-refractivity contribution in [2.24, 2.45) is 0 Å². The summed E-state index contributed by atoms with van der Waals surface area (Å²) in [4.78, 5) is 3.12. The molecule has 0 saturated heterocycles. The fourth-order valence-electron chi connectivity index (χ4n) is 1.50. The number of aromatic nitrogens is 1. The lowest BCUT2D eigenvalue weighted by molar-refractivity contribution is 0.481. The van der Waals surface area contributed by atoms with E-state index in [2.05, 4.69) is 11.9 Å². The fraction of sp³-hybridized carbons (Fsp3) is 0.200. The van der Waals surface area contributed by atoms with E-state index in [9.17, 15) is 5.11 Å². The Balaban J connectivity index is 2.82. The summed E-state index contributed by atoms with van der Waals surface area (Å²) in [7, 11) is 0. The maximum Gasteiger partial charge on any atom is 0.124 e. The fourth-order valence-corrected chi connectivity index (χ4v) is 1.50. The lowest BCUT2D eigenvalue weighted by Gasteiger charge is -2.00. The first kappa shape index (κ1) is 7.22. The molecule has 12 heavy (non-hydrogen) atoms. The highest BCUT2D eigenvalue weighted by Crippen LogP contribution is 2.26. The molecule has 1 aromatic heterocycles. The third-order valence-corrected chi connectivity index (χ3v) is 2.17. The molecule has 0 aliphatic carbocycles. The summed E-state index contributed by atoms with van der Waals surface area (Å²) in [5.74, 6) is 0.350. The second kappa shape index (κ2) is 2.55. The number of H-pyrrole nitrogens is 1. The average molecular weight is 161 g/mol. The van der Waals surface area contributed by atoms with E-state index in [1.165, 1.54) is 5.56 Å². The Bertz CT molecular complexity index is 403. The molecule has 0 amide bonds. The van der Waals surface area contributed by atoms with Gasteiger partial charge in [0, 0.05) is 11.6 Å². The van der Waals surface area contributed by atoms with Crippen LogP contribution in [0, 0.1) is 0 Å². The van der Waals surface area contributed by atoms with Gasteiger partial charge in [0.15, 0.2) is 0 Å². The average Bonchev–Trinajstić information content (AvgIpc) is 2.54. The molecule has 1 aromatic carbocycles. The Morgan fingerprint density at radius 2 is 2.17 bits per heavy atom. The minimum Gasteiger partial charge on any atom is -0.507 e. The maximum atomic E-state index is 9.46. The Morgan fingerprint density at radius 1 is 1.33 bits per heavy atom. The zero-order chi connectivity index (χ0) is 8.55. The van der Waals surface area contributed by atoms with Crippen LogP contribution in [0.3, 0.4) is 0 Å². The van der Waals surface area contributed by atoms with Crippen molar-refractivity contribution in [3.05, 3.63) is 30.0 Å². The topological polar surface area (TPSA) is 36.0 Å². The number of aryl methyl sites for hydroxylation is 1. The number of hydrogen-bond donors (Lipinski definition) is 2. The van der Waals surface area contributed by atoms with Crippen molar-refractivity contribution in [2.45, 2.75) is 13.3 Å². The monoisotopic (exact) mass is 161 g/mol. The van der Waals surface area contributed by atoms with Gasteiger partial charge in [-0.2, -0.15) is 0 Å². The molecular weight excluding hydrogens is 150 g/mol. The zero-order valence-corrected chi connectivity index (χ0v) is 6.96. The van der Waals surface area contributed by atoms with Crippen LogP contribution in [0.4, 0.5) is 0 Å². The van der Waals surface area contributed by atoms with Crippen LogP contribution in [0.2, 0.25) is 0 Å². The summed E-state index contributed by atoms with van der Waals surface area (Å²) < 4.78 is 0. The third kappa shape index (κ3) is 0.881. The smallest absolute Gasteiger partial charge is 0.124 e. The van der Waals surface area contributed by atoms with Crippen LogP contribution in [0.25, 0.3) is 10.9 Å². The maximum absolute atomic E-state index is 9.46. The Kier molecular flexibility index (Phi) is 1.54. The van der Waals surface area contributed by atoms with E-state index in [-0.39, 0.29) is 0 Å². The molecule has 0 unspecified atom stereocenters. The van der Waals surface area contributed by atoms with Gasteiger partial charge in [-0.1, -0.05) is 13.0 Å². The van der Waals surface area contributed by atoms with Crippen molar-refractivity contribution >= 4 is 10.9 Å². The highest BCUT2D eigenvalue weighted by atomic mass is 16.3. The number of aromatic hydroxyl groups is 1. The molecule has 2 N–H and O–H groups in total. The van der Waals surface area contributed by atoms with Crippen LogP contribution in [-0.4, -0.2) is 10.1 Å². The van der Waals surface area contributed by atoms with E-state index in [1.54, 1.807) is 6.07 Å². The van der Waals surface area contributed by atoms with Gasteiger partial charge >= 0.3 is 0 Å². The summed E-state index contributed by atoms with van der Waals surface area (Å²) in [6, 6.07) is 5.59. The predicted molar refractivity (Wildman–Crippen MR) is 49.3 cm³/mol. The van der Waals surface area contributed by atoms with Gasteiger partial charge in [-0.15, -0.1) is 0 Å². The number of nitrogens with one attached hydrogen (secondary N) is 1. The number of hydrogen-bond acceptors (Lipinski definition) is 1. The van der Waals surface area contributed by atoms with Gasteiger partial charge in [0.1, 0.15) is 5.75 Å². The molecule has 2 aromatic rings. The highest BCUT2D eigenvalue weighted by molar-refractivity contribution is 5.88. The van der Waals surface area contributed by atoms with Crippen LogP contribution in [0.5, 0.6) is 5.75 Å². The summed E-state index contributed by atoms with van der Waals surface area (Å²) >= 11 is 0. The van der Waals surface area contributed by atoms with Crippen molar-refractivity contribution < 1.29 is 5.11 Å². The molecule has 0 aliphatic rings. The number of phenolic OH excluding ortho intramolecular Hbond substituents is 1. The number of aromatic amines is 1. The molecule has 0 fully saturated rings. The van der Waals surface area contributed by atoms with E-state index in [0.717, 1.165) is 17.3 Å². The van der Waals surface area contributed by atoms with Crippen LogP contribution in [0.15, 0.2) is 24.4 Å².